The molecule has 1 unspecified atom stereocenters. The summed E-state index contributed by atoms with van der Waals surface area (Å²) >= 11 is 2.77. The molecule has 0 aromatic heterocycles. The summed E-state index contributed by atoms with van der Waals surface area (Å²) in [6.45, 7) is 0. The van der Waals surface area contributed by atoms with Crippen LogP contribution in [0.2, 0.25) is 0 Å². The minimum atomic E-state index is -2.26. The van der Waals surface area contributed by atoms with Crippen LogP contribution in [0.5, 0.6) is 0 Å². The van der Waals surface area contributed by atoms with E-state index in [1.807, 2.05) is 6.07 Å². The van der Waals surface area contributed by atoms with E-state index in [-0.39, 0.29) is 15.9 Å². The zero-order valence-corrected chi connectivity index (χ0v) is 12.4. The zero-order chi connectivity index (χ0) is 15.2. The molecule has 2 aromatic carbocycles. The summed E-state index contributed by atoms with van der Waals surface area (Å²) in [5.41, 5.74) is 1.08. The van der Waals surface area contributed by atoms with E-state index in [4.69, 9.17) is 12.2 Å². The highest BCUT2D eigenvalue weighted by atomic mass is 32.2. The second kappa shape index (κ2) is 7.07. The molecule has 0 aliphatic rings. The van der Waals surface area contributed by atoms with Crippen LogP contribution >= 0.6 is 12.2 Å². The predicted octanol–water partition coefficient (Wildman–Crippen LogP) is 2.05. The van der Waals surface area contributed by atoms with Gasteiger partial charge in [0, 0.05) is 16.1 Å². The van der Waals surface area contributed by atoms with Crippen molar-refractivity contribution in [3.05, 3.63) is 60.2 Å². The van der Waals surface area contributed by atoms with Crippen molar-refractivity contribution in [2.24, 2.45) is 0 Å². The summed E-state index contributed by atoms with van der Waals surface area (Å²) in [7, 11) is 0. The lowest BCUT2D eigenvalue weighted by atomic mass is 10.2. The molecule has 108 valence electrons. The van der Waals surface area contributed by atoms with Crippen LogP contribution < -0.4 is 10.6 Å². The van der Waals surface area contributed by atoms with Gasteiger partial charge in [-0.3, -0.25) is 14.3 Å². The Kier molecular flexibility index (Phi) is 5.15. The van der Waals surface area contributed by atoms with Gasteiger partial charge in [-0.2, -0.15) is 0 Å². The molecule has 1 atom stereocenters. The first-order valence-electron chi connectivity index (χ1n) is 5.93. The number of nitrogens with one attached hydrogen (secondary N) is 2. The van der Waals surface area contributed by atoms with Crippen molar-refractivity contribution < 1.29 is 13.6 Å². The molecule has 0 saturated heterocycles. The lowest BCUT2D eigenvalue weighted by Crippen LogP contribution is -2.34. The van der Waals surface area contributed by atoms with Crippen LogP contribution in [-0.4, -0.2) is 19.8 Å². The van der Waals surface area contributed by atoms with E-state index in [9.17, 15) is 13.6 Å². The molecule has 0 fully saturated rings. The number of anilines is 1. The second-order valence-electron chi connectivity index (χ2n) is 4.03. The fourth-order valence-corrected chi connectivity index (χ4v) is 2.15. The Hall–Kier alpha value is -2.09. The molecule has 0 saturated carbocycles. The van der Waals surface area contributed by atoms with Gasteiger partial charge >= 0.3 is 0 Å². The molecule has 0 heterocycles. The summed E-state index contributed by atoms with van der Waals surface area (Å²) in [5.74, 6) is -0.314. The van der Waals surface area contributed by atoms with Crippen molar-refractivity contribution in [3.63, 3.8) is 0 Å². The maximum absolute atomic E-state index is 11.9. The molecule has 0 spiro atoms. The lowest BCUT2D eigenvalue weighted by Gasteiger charge is -2.10. The van der Waals surface area contributed by atoms with Gasteiger partial charge < -0.3 is 9.87 Å². The molecule has 0 radical (unpaired) electrons. The smallest absolute Gasteiger partial charge is 0.257 e. The first-order valence-corrected chi connectivity index (χ1v) is 7.41. The zero-order valence-electron chi connectivity index (χ0n) is 10.7. The van der Waals surface area contributed by atoms with Gasteiger partial charge in [-0.25, -0.2) is 0 Å². The number of rotatable bonds is 3. The highest BCUT2D eigenvalue weighted by molar-refractivity contribution is 7.80. The van der Waals surface area contributed by atoms with Crippen LogP contribution in [0.1, 0.15) is 10.4 Å². The van der Waals surface area contributed by atoms with Crippen molar-refractivity contribution in [2.45, 2.75) is 4.90 Å². The van der Waals surface area contributed by atoms with E-state index in [0.29, 0.717) is 11.3 Å². The topological polar surface area (TPSA) is 81.3 Å². The maximum atomic E-state index is 11.9. The summed E-state index contributed by atoms with van der Waals surface area (Å²) < 4.78 is 21.5. The van der Waals surface area contributed by atoms with Crippen molar-refractivity contribution in [3.8, 4) is 0 Å². The van der Waals surface area contributed by atoms with Gasteiger partial charge in [0.1, 0.15) is 0 Å². The molecular formula is C14H11N2O3S2-. The molecule has 2 N–H and O–H groups in total. The number of benzene rings is 2. The highest BCUT2D eigenvalue weighted by Gasteiger charge is 2.07. The monoisotopic (exact) mass is 319 g/mol. The quantitative estimate of drug-likeness (QED) is 0.668. The molecule has 0 bridgehead atoms. The van der Waals surface area contributed by atoms with Gasteiger partial charge in [0.2, 0.25) is 0 Å². The van der Waals surface area contributed by atoms with E-state index >= 15 is 0 Å². The first kappa shape index (κ1) is 15.3. The van der Waals surface area contributed by atoms with Crippen molar-refractivity contribution >= 4 is 40.0 Å². The van der Waals surface area contributed by atoms with E-state index in [2.05, 4.69) is 10.6 Å². The standard InChI is InChI=1S/C14H12N2O3S2/c17-13(10-4-2-1-3-5-10)16-14(20)15-11-6-8-12(9-7-11)21(18)19/h1-9H,(H,18,19)(H2,15,16,17,20)/p-1. The summed E-state index contributed by atoms with van der Waals surface area (Å²) in [6.07, 6.45) is 0. The van der Waals surface area contributed by atoms with Crippen LogP contribution in [0.4, 0.5) is 5.69 Å². The molecule has 1 amide bonds. The molecule has 7 heteroatoms. The van der Waals surface area contributed by atoms with Crippen LogP contribution in [0.3, 0.4) is 0 Å². The normalized spacial score (nSPS) is 11.5. The van der Waals surface area contributed by atoms with Crippen LogP contribution in [0.15, 0.2) is 59.5 Å². The Balaban J connectivity index is 1.95. The summed E-state index contributed by atoms with van der Waals surface area (Å²) in [5, 5.41) is 5.49. The van der Waals surface area contributed by atoms with Gasteiger partial charge in [0.05, 0.1) is 0 Å². The molecule has 2 rings (SSSR count). The third-order valence-electron chi connectivity index (χ3n) is 2.57. The largest absolute Gasteiger partial charge is 0.768 e. The third-order valence-corrected chi connectivity index (χ3v) is 3.43. The Morgan fingerprint density at radius 3 is 2.24 bits per heavy atom. The number of hydrogen-bond donors (Lipinski definition) is 2. The second-order valence-corrected chi connectivity index (χ2v) is 5.38. The van der Waals surface area contributed by atoms with E-state index in [1.165, 1.54) is 12.1 Å². The van der Waals surface area contributed by atoms with Gasteiger partial charge in [-0.05, 0) is 59.7 Å². The van der Waals surface area contributed by atoms with Gasteiger partial charge in [-0.15, -0.1) is 0 Å². The van der Waals surface area contributed by atoms with Gasteiger partial charge in [-0.1, -0.05) is 18.2 Å². The maximum Gasteiger partial charge on any atom is 0.257 e. The van der Waals surface area contributed by atoms with Crippen molar-refractivity contribution in [1.82, 2.24) is 5.32 Å². The minimum absolute atomic E-state index is 0.139. The number of carbonyl (C=O) groups excluding carboxylic acids is 1. The van der Waals surface area contributed by atoms with Crippen LogP contribution in [0, 0.1) is 0 Å². The van der Waals surface area contributed by atoms with E-state index in [1.54, 1.807) is 36.4 Å². The summed E-state index contributed by atoms with van der Waals surface area (Å²) in [4.78, 5) is 12.0. The predicted molar refractivity (Wildman–Crippen MR) is 83.8 cm³/mol. The summed E-state index contributed by atoms with van der Waals surface area (Å²) in [6, 6.07) is 14.7. The third kappa shape index (κ3) is 4.45. The number of carbonyl (C=O) groups is 1. The highest BCUT2D eigenvalue weighted by Crippen LogP contribution is 2.11. The molecule has 21 heavy (non-hydrogen) atoms. The van der Waals surface area contributed by atoms with Gasteiger partial charge in [0.25, 0.3) is 5.91 Å². The minimum Gasteiger partial charge on any atom is -0.768 e. The fraction of sp³-hybridized carbons (Fsp3) is 0. The number of amides is 1. The Morgan fingerprint density at radius 2 is 1.67 bits per heavy atom. The van der Waals surface area contributed by atoms with E-state index in [0.717, 1.165) is 0 Å². The number of thiocarbonyl (C=S) groups is 1. The average Bonchev–Trinajstić information content (AvgIpc) is 2.48. The molecule has 0 aliphatic heterocycles. The Labute approximate surface area is 129 Å². The first-order chi connectivity index (χ1) is 10.1. The van der Waals surface area contributed by atoms with Crippen LogP contribution in [-0.2, 0) is 11.1 Å². The van der Waals surface area contributed by atoms with Crippen molar-refractivity contribution in [2.75, 3.05) is 5.32 Å². The average molecular weight is 319 g/mol. The fourth-order valence-electron chi connectivity index (χ4n) is 1.58. The van der Waals surface area contributed by atoms with Crippen LogP contribution in [0.25, 0.3) is 0 Å². The number of hydrogen-bond acceptors (Lipinski definition) is 4. The lowest BCUT2D eigenvalue weighted by molar-refractivity contribution is 0.0977. The molecule has 5 nitrogen and oxygen atoms in total. The Morgan fingerprint density at radius 1 is 1.05 bits per heavy atom. The SMILES string of the molecule is O=C(NC(=S)Nc1ccc(S(=O)[O-])cc1)c1ccccc1. The van der Waals surface area contributed by atoms with Gasteiger partial charge in [0.15, 0.2) is 5.11 Å². The molecule has 2 aromatic rings. The van der Waals surface area contributed by atoms with E-state index < -0.39 is 11.1 Å². The molecular weight excluding hydrogens is 308 g/mol. The molecule has 0 aliphatic carbocycles. The van der Waals surface area contributed by atoms with Crippen molar-refractivity contribution in [1.29, 1.82) is 0 Å². The Bertz CT molecular complexity index is 672.